The molecule has 0 aromatic heterocycles. The van der Waals surface area contributed by atoms with Crippen molar-refractivity contribution in [3.8, 4) is 5.75 Å². The average molecular weight is 261 g/mol. The lowest BCUT2D eigenvalue weighted by Crippen LogP contribution is -2.39. The maximum absolute atomic E-state index is 11.3. The molecule has 1 atom stereocenters. The maximum Gasteiger partial charge on any atom is 0.262 e. The van der Waals surface area contributed by atoms with Gasteiger partial charge in [0.1, 0.15) is 5.75 Å². The smallest absolute Gasteiger partial charge is 0.262 e. The van der Waals surface area contributed by atoms with Crippen LogP contribution in [-0.4, -0.2) is 43.6 Å². The molecular formula is C14H19N3O2. The summed E-state index contributed by atoms with van der Waals surface area (Å²) in [7, 11) is 2.15. The van der Waals surface area contributed by atoms with Crippen LogP contribution in [0.15, 0.2) is 18.2 Å². The Morgan fingerprint density at radius 2 is 2.37 bits per heavy atom. The molecular weight excluding hydrogens is 242 g/mol. The molecule has 102 valence electrons. The highest BCUT2D eigenvalue weighted by Crippen LogP contribution is 2.31. The first-order chi connectivity index (χ1) is 9.20. The number of likely N-dealkylation sites (tertiary alicyclic amines) is 1. The quantitative estimate of drug-likeness (QED) is 0.847. The third-order valence-corrected chi connectivity index (χ3v) is 3.61. The van der Waals surface area contributed by atoms with Gasteiger partial charge in [-0.2, -0.15) is 0 Å². The Kier molecular flexibility index (Phi) is 3.29. The van der Waals surface area contributed by atoms with Gasteiger partial charge in [-0.1, -0.05) is 0 Å². The van der Waals surface area contributed by atoms with Crippen molar-refractivity contribution >= 4 is 17.3 Å². The monoisotopic (exact) mass is 261 g/mol. The van der Waals surface area contributed by atoms with Crippen LogP contribution in [0.25, 0.3) is 0 Å². The second kappa shape index (κ2) is 5.09. The molecule has 0 bridgehead atoms. The largest absolute Gasteiger partial charge is 0.482 e. The van der Waals surface area contributed by atoms with E-state index in [1.807, 2.05) is 18.2 Å². The number of ether oxygens (including phenoxy) is 1. The molecule has 2 heterocycles. The number of rotatable bonds is 2. The number of nitrogens with zero attached hydrogens (tertiary/aromatic N) is 1. The van der Waals surface area contributed by atoms with Crippen molar-refractivity contribution < 1.29 is 9.53 Å². The molecule has 1 aromatic rings. The van der Waals surface area contributed by atoms with Crippen molar-refractivity contribution in [2.24, 2.45) is 0 Å². The van der Waals surface area contributed by atoms with E-state index in [-0.39, 0.29) is 12.5 Å². The fourth-order valence-corrected chi connectivity index (χ4v) is 2.69. The van der Waals surface area contributed by atoms with Crippen LogP contribution in [0.1, 0.15) is 12.8 Å². The van der Waals surface area contributed by atoms with Crippen LogP contribution in [0.2, 0.25) is 0 Å². The van der Waals surface area contributed by atoms with E-state index in [0.717, 1.165) is 23.7 Å². The Bertz CT molecular complexity index is 490. The van der Waals surface area contributed by atoms with Crippen molar-refractivity contribution in [2.45, 2.75) is 18.9 Å². The zero-order chi connectivity index (χ0) is 13.2. The number of anilines is 2. The molecule has 2 aliphatic rings. The maximum atomic E-state index is 11.3. The highest BCUT2D eigenvalue weighted by molar-refractivity contribution is 5.96. The standard InChI is InChI=1S/C14H19N3O2/c1-17-6-2-3-11(8-17)15-10-4-5-13-12(7-10)16-14(18)9-19-13/h4-5,7,11,15H,2-3,6,8-9H2,1H3,(H,16,18). The van der Waals surface area contributed by atoms with Crippen LogP contribution in [0.3, 0.4) is 0 Å². The third kappa shape index (κ3) is 2.81. The number of hydrogen-bond acceptors (Lipinski definition) is 4. The summed E-state index contributed by atoms with van der Waals surface area (Å²) in [6.45, 7) is 2.33. The van der Waals surface area contributed by atoms with E-state index >= 15 is 0 Å². The van der Waals surface area contributed by atoms with E-state index in [4.69, 9.17) is 4.74 Å². The van der Waals surface area contributed by atoms with E-state index in [9.17, 15) is 4.79 Å². The number of hydrogen-bond donors (Lipinski definition) is 2. The summed E-state index contributed by atoms with van der Waals surface area (Å²) < 4.78 is 5.35. The average Bonchev–Trinajstić information content (AvgIpc) is 2.38. The predicted octanol–water partition coefficient (Wildman–Crippen LogP) is 1.52. The molecule has 3 rings (SSSR count). The van der Waals surface area contributed by atoms with Crippen LogP contribution in [0, 0.1) is 0 Å². The van der Waals surface area contributed by atoms with E-state index < -0.39 is 0 Å². The summed E-state index contributed by atoms with van der Waals surface area (Å²) in [5.74, 6) is 0.646. The minimum Gasteiger partial charge on any atom is -0.482 e. The number of likely N-dealkylation sites (N-methyl/N-ethyl adjacent to an activating group) is 1. The molecule has 0 aliphatic carbocycles. The Balaban J connectivity index is 1.71. The van der Waals surface area contributed by atoms with Gasteiger partial charge < -0.3 is 20.3 Å². The van der Waals surface area contributed by atoms with E-state index in [1.165, 1.54) is 19.4 Å². The minimum atomic E-state index is -0.0953. The number of carbonyl (C=O) groups excluding carboxylic acids is 1. The number of piperidine rings is 1. The lowest BCUT2D eigenvalue weighted by molar-refractivity contribution is -0.118. The normalized spacial score (nSPS) is 23.2. The summed E-state index contributed by atoms with van der Waals surface area (Å²) in [6, 6.07) is 6.33. The van der Waals surface area contributed by atoms with Crippen molar-refractivity contribution in [2.75, 3.05) is 37.4 Å². The van der Waals surface area contributed by atoms with Gasteiger partial charge >= 0.3 is 0 Å². The molecule has 0 radical (unpaired) electrons. The van der Waals surface area contributed by atoms with Crippen LogP contribution in [0.5, 0.6) is 5.75 Å². The van der Waals surface area contributed by atoms with Gasteiger partial charge in [0.15, 0.2) is 6.61 Å². The second-order valence-corrected chi connectivity index (χ2v) is 5.29. The van der Waals surface area contributed by atoms with E-state index in [2.05, 4.69) is 22.6 Å². The lowest BCUT2D eigenvalue weighted by Gasteiger charge is -2.31. The SMILES string of the molecule is CN1CCCC(Nc2ccc3c(c2)NC(=O)CO3)C1. The van der Waals surface area contributed by atoms with E-state index in [1.54, 1.807) is 0 Å². The van der Waals surface area contributed by atoms with Gasteiger partial charge in [0.05, 0.1) is 5.69 Å². The first-order valence-corrected chi connectivity index (χ1v) is 6.72. The second-order valence-electron chi connectivity index (χ2n) is 5.29. The number of nitrogens with one attached hydrogen (secondary N) is 2. The van der Waals surface area contributed by atoms with Gasteiger partial charge in [-0.3, -0.25) is 4.79 Å². The number of benzene rings is 1. The lowest BCUT2D eigenvalue weighted by atomic mass is 10.1. The number of carbonyl (C=O) groups is 1. The summed E-state index contributed by atoms with van der Waals surface area (Å²) in [6.07, 6.45) is 2.41. The van der Waals surface area contributed by atoms with Crippen molar-refractivity contribution in [3.05, 3.63) is 18.2 Å². The topological polar surface area (TPSA) is 53.6 Å². The summed E-state index contributed by atoms with van der Waals surface area (Å²) in [5, 5.41) is 6.36. The Morgan fingerprint density at radius 3 is 3.21 bits per heavy atom. The van der Waals surface area contributed by atoms with Gasteiger partial charge in [-0.25, -0.2) is 0 Å². The molecule has 19 heavy (non-hydrogen) atoms. The number of amides is 1. The molecule has 2 aliphatic heterocycles. The van der Waals surface area contributed by atoms with Gasteiger partial charge in [-0.05, 0) is 44.6 Å². The van der Waals surface area contributed by atoms with Crippen LogP contribution in [0.4, 0.5) is 11.4 Å². The molecule has 5 nitrogen and oxygen atoms in total. The molecule has 5 heteroatoms. The fourth-order valence-electron chi connectivity index (χ4n) is 2.69. The van der Waals surface area contributed by atoms with Crippen molar-refractivity contribution in [3.63, 3.8) is 0 Å². The summed E-state index contributed by atoms with van der Waals surface area (Å²) in [4.78, 5) is 13.6. The van der Waals surface area contributed by atoms with Crippen LogP contribution in [-0.2, 0) is 4.79 Å². The Morgan fingerprint density at radius 1 is 1.47 bits per heavy atom. The highest BCUT2D eigenvalue weighted by Gasteiger charge is 2.19. The minimum absolute atomic E-state index is 0.0953. The predicted molar refractivity (Wildman–Crippen MR) is 74.7 cm³/mol. The summed E-state index contributed by atoms with van der Waals surface area (Å²) >= 11 is 0. The van der Waals surface area contributed by atoms with Gasteiger partial charge in [0.25, 0.3) is 5.91 Å². The Labute approximate surface area is 112 Å². The molecule has 1 saturated heterocycles. The van der Waals surface area contributed by atoms with E-state index in [0.29, 0.717) is 6.04 Å². The Hall–Kier alpha value is -1.75. The first kappa shape index (κ1) is 12.3. The zero-order valence-corrected chi connectivity index (χ0v) is 11.1. The van der Waals surface area contributed by atoms with Crippen LogP contribution >= 0.6 is 0 Å². The number of fused-ring (bicyclic) bond motifs is 1. The van der Waals surface area contributed by atoms with Gasteiger partial charge in [0.2, 0.25) is 0 Å². The molecule has 0 spiro atoms. The summed E-state index contributed by atoms with van der Waals surface area (Å²) in [5.41, 5.74) is 1.79. The first-order valence-electron chi connectivity index (χ1n) is 6.72. The van der Waals surface area contributed by atoms with Gasteiger partial charge in [-0.15, -0.1) is 0 Å². The molecule has 1 amide bonds. The molecule has 1 aromatic carbocycles. The molecule has 2 N–H and O–H groups in total. The zero-order valence-electron chi connectivity index (χ0n) is 11.1. The molecule has 1 unspecified atom stereocenters. The fraction of sp³-hybridized carbons (Fsp3) is 0.500. The van der Waals surface area contributed by atoms with Crippen molar-refractivity contribution in [1.29, 1.82) is 0 Å². The molecule has 0 saturated carbocycles. The highest BCUT2D eigenvalue weighted by atomic mass is 16.5. The van der Waals surface area contributed by atoms with Crippen LogP contribution < -0.4 is 15.4 Å². The van der Waals surface area contributed by atoms with Crippen molar-refractivity contribution in [1.82, 2.24) is 4.90 Å². The third-order valence-electron chi connectivity index (χ3n) is 3.61. The van der Waals surface area contributed by atoms with Gasteiger partial charge in [0, 0.05) is 18.3 Å². The molecule has 1 fully saturated rings.